The number of pyridine rings is 2. The summed E-state index contributed by atoms with van der Waals surface area (Å²) in [5.41, 5.74) is 4.58. The van der Waals surface area contributed by atoms with E-state index in [9.17, 15) is 9.59 Å². The van der Waals surface area contributed by atoms with Crippen molar-refractivity contribution in [1.82, 2.24) is 20.2 Å². The third-order valence-electron chi connectivity index (χ3n) is 6.42. The maximum Gasteiger partial charge on any atom is 0.253 e. The van der Waals surface area contributed by atoms with Gasteiger partial charge in [0, 0.05) is 63.5 Å². The van der Waals surface area contributed by atoms with Gasteiger partial charge in [-0.3, -0.25) is 14.5 Å². The number of nitrogens with zero attached hydrogens (tertiary/aromatic N) is 3. The molecule has 0 aliphatic carbocycles. The smallest absolute Gasteiger partial charge is 0.253 e. The van der Waals surface area contributed by atoms with Crippen molar-refractivity contribution in [1.29, 1.82) is 0 Å². The highest BCUT2D eigenvalue weighted by Gasteiger charge is 2.20. The van der Waals surface area contributed by atoms with E-state index in [2.05, 4.69) is 48.6 Å². The third kappa shape index (κ3) is 3.93. The first kappa shape index (κ1) is 20.5. The Balaban J connectivity index is 1.25. The summed E-state index contributed by atoms with van der Waals surface area (Å²) in [5.74, 6) is 0.778. The van der Waals surface area contributed by atoms with Gasteiger partial charge in [0.2, 0.25) is 0 Å². The van der Waals surface area contributed by atoms with Crippen LogP contribution in [0, 0.1) is 0 Å². The number of anilines is 2. The molecule has 32 heavy (non-hydrogen) atoms. The standard InChI is InChI=1S/C24H28N6O2/c1-25-23(31)17-5-7-21(27-14-17)30-11-9-29(10-12-30)15-16-4-6-18-20(13-16)28-24(32)19-3-2-8-26-22(18)19/h4-7,13-14,26H,2-3,8-12,15H2,1H3,(H,25,31)(H,28,32). The number of aromatic amines is 1. The molecule has 0 atom stereocenters. The quantitative estimate of drug-likeness (QED) is 0.584. The molecule has 8 nitrogen and oxygen atoms in total. The summed E-state index contributed by atoms with van der Waals surface area (Å²) in [5, 5.41) is 7.13. The summed E-state index contributed by atoms with van der Waals surface area (Å²) in [7, 11) is 1.62. The van der Waals surface area contributed by atoms with Crippen molar-refractivity contribution in [3.8, 4) is 0 Å². The van der Waals surface area contributed by atoms with Crippen molar-refractivity contribution in [2.45, 2.75) is 19.4 Å². The lowest BCUT2D eigenvalue weighted by molar-refractivity contribution is 0.0962. The van der Waals surface area contributed by atoms with E-state index in [1.165, 1.54) is 5.56 Å². The van der Waals surface area contributed by atoms with Gasteiger partial charge in [0.05, 0.1) is 16.8 Å². The molecular weight excluding hydrogens is 404 g/mol. The number of aromatic nitrogens is 2. The third-order valence-corrected chi connectivity index (χ3v) is 6.42. The van der Waals surface area contributed by atoms with Gasteiger partial charge in [-0.05, 0) is 36.6 Å². The van der Waals surface area contributed by atoms with Crippen LogP contribution in [0.1, 0.15) is 27.9 Å². The number of carbonyl (C=O) groups excluding carboxylic acids is 1. The molecule has 0 spiro atoms. The second kappa shape index (κ2) is 8.63. The molecule has 4 heterocycles. The topological polar surface area (TPSA) is 93.4 Å². The van der Waals surface area contributed by atoms with E-state index < -0.39 is 0 Å². The minimum absolute atomic E-state index is 0.0281. The highest BCUT2D eigenvalue weighted by Crippen LogP contribution is 2.28. The Bertz CT molecular complexity index is 1200. The molecule has 5 rings (SSSR count). The minimum Gasteiger partial charge on any atom is -0.384 e. The molecule has 0 unspecified atom stereocenters. The summed E-state index contributed by atoms with van der Waals surface area (Å²) >= 11 is 0. The molecule has 3 aromatic rings. The number of benzene rings is 1. The summed E-state index contributed by atoms with van der Waals surface area (Å²) < 4.78 is 0. The fraction of sp³-hybridized carbons (Fsp3) is 0.375. The van der Waals surface area contributed by atoms with Gasteiger partial charge in [-0.1, -0.05) is 12.1 Å². The normalized spacial score (nSPS) is 16.5. The first-order chi connectivity index (χ1) is 15.6. The van der Waals surface area contributed by atoms with Gasteiger partial charge in [0.15, 0.2) is 0 Å². The molecule has 166 valence electrons. The van der Waals surface area contributed by atoms with Gasteiger partial charge < -0.3 is 20.5 Å². The van der Waals surface area contributed by atoms with E-state index in [0.29, 0.717) is 5.56 Å². The molecule has 1 fully saturated rings. The maximum absolute atomic E-state index is 12.5. The lowest BCUT2D eigenvalue weighted by Gasteiger charge is -2.35. The number of fused-ring (bicyclic) bond motifs is 3. The van der Waals surface area contributed by atoms with Crippen LogP contribution >= 0.6 is 0 Å². The van der Waals surface area contributed by atoms with Crippen LogP contribution in [0.25, 0.3) is 10.9 Å². The largest absolute Gasteiger partial charge is 0.384 e. The van der Waals surface area contributed by atoms with Crippen molar-refractivity contribution >= 4 is 28.3 Å². The zero-order valence-corrected chi connectivity index (χ0v) is 18.3. The SMILES string of the molecule is CNC(=O)c1ccc(N2CCN(Cc3ccc4c5c(c(=O)[nH]c4c3)CCCN5)CC2)nc1. The number of hydrogen-bond donors (Lipinski definition) is 3. The molecule has 3 N–H and O–H groups in total. The number of rotatable bonds is 4. The fourth-order valence-electron chi connectivity index (χ4n) is 4.65. The van der Waals surface area contributed by atoms with Crippen LogP contribution in [-0.2, 0) is 13.0 Å². The zero-order valence-electron chi connectivity index (χ0n) is 18.3. The number of carbonyl (C=O) groups is 1. The highest BCUT2D eigenvalue weighted by molar-refractivity contribution is 5.94. The summed E-state index contributed by atoms with van der Waals surface area (Å²) in [6.07, 6.45) is 3.46. The first-order valence-electron chi connectivity index (χ1n) is 11.2. The van der Waals surface area contributed by atoms with E-state index >= 15 is 0 Å². The molecule has 1 saturated heterocycles. The predicted molar refractivity (Wildman–Crippen MR) is 126 cm³/mol. The van der Waals surface area contributed by atoms with Gasteiger partial charge in [0.25, 0.3) is 11.5 Å². The molecule has 2 aromatic heterocycles. The number of H-pyrrole nitrogens is 1. The van der Waals surface area contributed by atoms with Gasteiger partial charge in [-0.25, -0.2) is 4.98 Å². The number of piperazine rings is 1. The molecule has 0 bridgehead atoms. The van der Waals surface area contributed by atoms with Crippen molar-refractivity contribution in [2.75, 3.05) is 50.0 Å². The lowest BCUT2D eigenvalue weighted by atomic mass is 10.0. The van der Waals surface area contributed by atoms with Crippen LogP contribution in [0.4, 0.5) is 11.5 Å². The van der Waals surface area contributed by atoms with Crippen molar-refractivity contribution in [2.24, 2.45) is 0 Å². The molecule has 1 amide bonds. The van der Waals surface area contributed by atoms with Crippen LogP contribution in [0.5, 0.6) is 0 Å². The van der Waals surface area contributed by atoms with E-state index in [-0.39, 0.29) is 11.5 Å². The van der Waals surface area contributed by atoms with Gasteiger partial charge >= 0.3 is 0 Å². The number of nitrogens with one attached hydrogen (secondary N) is 3. The van der Waals surface area contributed by atoms with Crippen LogP contribution in [0.3, 0.4) is 0 Å². The van der Waals surface area contributed by atoms with Crippen LogP contribution in [0.15, 0.2) is 41.3 Å². The monoisotopic (exact) mass is 432 g/mol. The Morgan fingerprint density at radius 1 is 1.16 bits per heavy atom. The molecule has 2 aliphatic heterocycles. The fourth-order valence-corrected chi connectivity index (χ4v) is 4.65. The Hall–Kier alpha value is -3.39. The molecule has 2 aliphatic rings. The second-order valence-corrected chi connectivity index (χ2v) is 8.47. The Labute approximate surface area is 186 Å². The van der Waals surface area contributed by atoms with Crippen LogP contribution in [0.2, 0.25) is 0 Å². The summed E-state index contributed by atoms with van der Waals surface area (Å²) in [6.45, 7) is 5.39. The summed E-state index contributed by atoms with van der Waals surface area (Å²) in [6, 6.07) is 10.1. The van der Waals surface area contributed by atoms with Crippen molar-refractivity contribution in [3.05, 3.63) is 63.6 Å². The highest BCUT2D eigenvalue weighted by atomic mass is 16.1. The number of amides is 1. The second-order valence-electron chi connectivity index (χ2n) is 8.47. The maximum atomic E-state index is 12.5. The zero-order chi connectivity index (χ0) is 22.1. The molecule has 8 heteroatoms. The Kier molecular flexibility index (Phi) is 5.53. The van der Waals surface area contributed by atoms with Crippen molar-refractivity contribution in [3.63, 3.8) is 0 Å². The van der Waals surface area contributed by atoms with Crippen LogP contribution in [-0.4, -0.2) is 60.5 Å². The molecular formula is C24H28N6O2. The van der Waals surface area contributed by atoms with Gasteiger partial charge in [-0.2, -0.15) is 0 Å². The summed E-state index contributed by atoms with van der Waals surface area (Å²) in [4.78, 5) is 36.4. The van der Waals surface area contributed by atoms with Crippen molar-refractivity contribution < 1.29 is 4.79 Å². The van der Waals surface area contributed by atoms with E-state index in [1.807, 2.05) is 12.1 Å². The Morgan fingerprint density at radius 3 is 2.75 bits per heavy atom. The Morgan fingerprint density at radius 2 is 2.00 bits per heavy atom. The minimum atomic E-state index is -0.123. The first-order valence-corrected chi connectivity index (χ1v) is 11.2. The van der Waals surface area contributed by atoms with E-state index in [4.69, 9.17) is 0 Å². The van der Waals surface area contributed by atoms with E-state index in [1.54, 1.807) is 13.2 Å². The van der Waals surface area contributed by atoms with E-state index in [0.717, 1.165) is 80.1 Å². The number of hydrogen-bond acceptors (Lipinski definition) is 6. The molecule has 1 aromatic carbocycles. The predicted octanol–water partition coefficient (Wildman–Crippen LogP) is 1.96. The lowest BCUT2D eigenvalue weighted by Crippen LogP contribution is -2.46. The average molecular weight is 433 g/mol. The van der Waals surface area contributed by atoms with Crippen LogP contribution < -0.4 is 21.1 Å². The molecule has 0 saturated carbocycles. The van der Waals surface area contributed by atoms with Gasteiger partial charge in [-0.15, -0.1) is 0 Å². The van der Waals surface area contributed by atoms with Gasteiger partial charge in [0.1, 0.15) is 5.82 Å². The average Bonchev–Trinajstić information content (AvgIpc) is 2.84. The molecule has 0 radical (unpaired) electrons.